The lowest BCUT2D eigenvalue weighted by Gasteiger charge is -2.10. The van der Waals surface area contributed by atoms with E-state index in [1.54, 1.807) is 7.05 Å². The van der Waals surface area contributed by atoms with E-state index in [9.17, 15) is 8.78 Å². The molecule has 0 aliphatic carbocycles. The molecule has 0 fully saturated rings. The van der Waals surface area contributed by atoms with E-state index in [4.69, 9.17) is 11.6 Å². The number of nitrogens with zero attached hydrogens (tertiary/aromatic N) is 2. The number of benzene rings is 1. The third-order valence-corrected chi connectivity index (χ3v) is 2.49. The summed E-state index contributed by atoms with van der Waals surface area (Å²) in [7, 11) is 1.59. The maximum Gasteiger partial charge on any atom is 0.224 e. The van der Waals surface area contributed by atoms with Gasteiger partial charge in [-0.15, -0.1) is 0 Å². The molecule has 94 valence electrons. The molecule has 0 radical (unpaired) electrons. The molecule has 0 saturated carbocycles. The Bertz CT molecular complexity index is 557. The largest absolute Gasteiger partial charge is 0.357 e. The van der Waals surface area contributed by atoms with Gasteiger partial charge in [0.1, 0.15) is 5.82 Å². The fourth-order valence-electron chi connectivity index (χ4n) is 1.31. The first kappa shape index (κ1) is 12.5. The number of nitrogens with one attached hydrogen (secondary N) is 2. The highest BCUT2D eigenvalue weighted by Crippen LogP contribution is 2.28. The molecule has 1 aromatic carbocycles. The van der Waals surface area contributed by atoms with Crippen molar-refractivity contribution in [1.82, 2.24) is 9.97 Å². The summed E-state index contributed by atoms with van der Waals surface area (Å²) in [6, 6.07) is 4.16. The number of anilines is 3. The van der Waals surface area contributed by atoms with Crippen molar-refractivity contribution in [1.29, 1.82) is 0 Å². The Kier molecular flexibility index (Phi) is 3.57. The summed E-state index contributed by atoms with van der Waals surface area (Å²) >= 11 is 5.82. The molecule has 0 aliphatic rings. The fraction of sp³-hybridized carbons (Fsp3) is 0.0909. The van der Waals surface area contributed by atoms with Gasteiger partial charge in [-0.2, -0.15) is 4.98 Å². The average Bonchev–Trinajstić information content (AvgIpc) is 2.36. The monoisotopic (exact) mass is 270 g/mol. The van der Waals surface area contributed by atoms with Gasteiger partial charge < -0.3 is 10.6 Å². The van der Waals surface area contributed by atoms with Crippen LogP contribution < -0.4 is 10.6 Å². The maximum atomic E-state index is 13.5. The summed E-state index contributed by atoms with van der Waals surface area (Å²) in [5, 5.41) is 5.30. The first-order chi connectivity index (χ1) is 8.61. The van der Waals surface area contributed by atoms with Crippen molar-refractivity contribution in [3.05, 3.63) is 41.1 Å². The summed E-state index contributed by atoms with van der Waals surface area (Å²) in [6.45, 7) is 0. The molecular weight excluding hydrogens is 262 g/mol. The molecule has 1 aromatic heterocycles. The Labute approximate surface area is 107 Å². The summed E-state index contributed by atoms with van der Waals surface area (Å²) in [5.41, 5.74) is -0.0289. The molecule has 0 amide bonds. The molecule has 2 rings (SSSR count). The standard InChI is InChI=1S/C11H9ClF2N4/c1-15-11-16-5-8(14)10(18-11)17-9-6(12)3-2-4-7(9)13/h2-5H,1H3,(H2,15,16,17,18). The molecule has 2 aromatic rings. The van der Waals surface area contributed by atoms with Crippen LogP contribution in [0.5, 0.6) is 0 Å². The van der Waals surface area contributed by atoms with Crippen LogP contribution in [0.25, 0.3) is 0 Å². The van der Waals surface area contributed by atoms with E-state index >= 15 is 0 Å². The zero-order valence-electron chi connectivity index (χ0n) is 9.34. The lowest BCUT2D eigenvalue weighted by atomic mass is 10.3. The van der Waals surface area contributed by atoms with Crippen LogP contribution in [-0.2, 0) is 0 Å². The lowest BCUT2D eigenvalue weighted by molar-refractivity contribution is 0.616. The van der Waals surface area contributed by atoms with Crippen molar-refractivity contribution >= 4 is 29.1 Å². The fourth-order valence-corrected chi connectivity index (χ4v) is 1.52. The number of aromatic nitrogens is 2. The van der Waals surface area contributed by atoms with Crippen LogP contribution >= 0.6 is 11.6 Å². The number of hydrogen-bond donors (Lipinski definition) is 2. The molecule has 1 heterocycles. The van der Waals surface area contributed by atoms with Crippen LogP contribution in [0.15, 0.2) is 24.4 Å². The highest BCUT2D eigenvalue weighted by atomic mass is 35.5. The maximum absolute atomic E-state index is 13.5. The number of para-hydroxylation sites is 1. The second kappa shape index (κ2) is 5.14. The first-order valence-electron chi connectivity index (χ1n) is 5.03. The number of hydrogen-bond acceptors (Lipinski definition) is 4. The summed E-state index contributed by atoms with van der Waals surface area (Å²) < 4.78 is 27.0. The van der Waals surface area contributed by atoms with Crippen LogP contribution in [0, 0.1) is 11.6 Å². The highest BCUT2D eigenvalue weighted by Gasteiger charge is 2.12. The minimum Gasteiger partial charge on any atom is -0.357 e. The quantitative estimate of drug-likeness (QED) is 0.899. The summed E-state index contributed by atoms with van der Waals surface area (Å²) in [5.74, 6) is -1.23. The molecule has 18 heavy (non-hydrogen) atoms. The van der Waals surface area contributed by atoms with Crippen molar-refractivity contribution < 1.29 is 8.78 Å². The smallest absolute Gasteiger partial charge is 0.224 e. The van der Waals surface area contributed by atoms with Crippen LogP contribution in [0.3, 0.4) is 0 Å². The SMILES string of the molecule is CNc1ncc(F)c(Nc2c(F)cccc2Cl)n1. The van der Waals surface area contributed by atoms with E-state index in [2.05, 4.69) is 20.6 Å². The number of halogens is 3. The molecule has 0 bridgehead atoms. The summed E-state index contributed by atoms with van der Waals surface area (Å²) in [4.78, 5) is 7.51. The molecule has 0 spiro atoms. The predicted octanol–water partition coefficient (Wildman–Crippen LogP) is 3.19. The Morgan fingerprint density at radius 3 is 2.67 bits per heavy atom. The van der Waals surface area contributed by atoms with Gasteiger partial charge in [-0.3, -0.25) is 0 Å². The molecule has 0 saturated heterocycles. The molecule has 0 aliphatic heterocycles. The molecule has 2 N–H and O–H groups in total. The molecule has 4 nitrogen and oxygen atoms in total. The zero-order valence-corrected chi connectivity index (χ0v) is 10.1. The van der Waals surface area contributed by atoms with Crippen LogP contribution in [0.4, 0.5) is 26.2 Å². The Morgan fingerprint density at radius 2 is 2.00 bits per heavy atom. The van der Waals surface area contributed by atoms with Gasteiger partial charge >= 0.3 is 0 Å². The normalized spacial score (nSPS) is 10.2. The average molecular weight is 271 g/mol. The van der Waals surface area contributed by atoms with Gasteiger partial charge in [0.15, 0.2) is 11.6 Å². The molecular formula is C11H9ClF2N4. The first-order valence-corrected chi connectivity index (χ1v) is 5.41. The molecule has 7 heteroatoms. The highest BCUT2D eigenvalue weighted by molar-refractivity contribution is 6.33. The van der Waals surface area contributed by atoms with E-state index in [1.165, 1.54) is 18.2 Å². The van der Waals surface area contributed by atoms with Gasteiger partial charge in [-0.05, 0) is 12.1 Å². The van der Waals surface area contributed by atoms with E-state index in [1.807, 2.05) is 0 Å². The van der Waals surface area contributed by atoms with Crippen LogP contribution in [-0.4, -0.2) is 17.0 Å². The third kappa shape index (κ3) is 2.48. The van der Waals surface area contributed by atoms with E-state index < -0.39 is 11.6 Å². The van der Waals surface area contributed by atoms with Gasteiger partial charge in [0.05, 0.1) is 16.9 Å². The van der Waals surface area contributed by atoms with Crippen molar-refractivity contribution in [2.24, 2.45) is 0 Å². The van der Waals surface area contributed by atoms with Crippen molar-refractivity contribution in [2.45, 2.75) is 0 Å². The predicted molar refractivity (Wildman–Crippen MR) is 66.2 cm³/mol. The van der Waals surface area contributed by atoms with Crippen LogP contribution in [0.1, 0.15) is 0 Å². The van der Waals surface area contributed by atoms with Crippen molar-refractivity contribution in [3.63, 3.8) is 0 Å². The second-order valence-corrected chi connectivity index (χ2v) is 3.77. The zero-order chi connectivity index (χ0) is 13.1. The third-order valence-electron chi connectivity index (χ3n) is 2.17. The van der Waals surface area contributed by atoms with Gasteiger partial charge in [0.2, 0.25) is 5.95 Å². The number of rotatable bonds is 3. The Hall–Kier alpha value is -1.95. The Morgan fingerprint density at radius 1 is 1.22 bits per heavy atom. The lowest BCUT2D eigenvalue weighted by Crippen LogP contribution is -2.04. The summed E-state index contributed by atoms with van der Waals surface area (Å²) in [6.07, 6.45) is 0.982. The Balaban J connectivity index is 2.39. The molecule has 0 unspecified atom stereocenters. The van der Waals surface area contributed by atoms with Crippen molar-refractivity contribution in [3.8, 4) is 0 Å². The van der Waals surface area contributed by atoms with E-state index in [-0.39, 0.29) is 22.5 Å². The van der Waals surface area contributed by atoms with Crippen LogP contribution in [0.2, 0.25) is 5.02 Å². The van der Waals surface area contributed by atoms with Gasteiger partial charge in [0, 0.05) is 7.05 Å². The molecule has 0 atom stereocenters. The van der Waals surface area contributed by atoms with E-state index in [0.717, 1.165) is 6.20 Å². The minimum absolute atomic E-state index is 0.0289. The minimum atomic E-state index is -0.701. The van der Waals surface area contributed by atoms with Gasteiger partial charge in [-0.25, -0.2) is 13.8 Å². The topological polar surface area (TPSA) is 49.8 Å². The van der Waals surface area contributed by atoms with E-state index in [0.29, 0.717) is 0 Å². The second-order valence-electron chi connectivity index (χ2n) is 3.36. The van der Waals surface area contributed by atoms with Gasteiger partial charge in [0.25, 0.3) is 0 Å². The van der Waals surface area contributed by atoms with Crippen molar-refractivity contribution in [2.75, 3.05) is 17.7 Å². The van der Waals surface area contributed by atoms with Gasteiger partial charge in [-0.1, -0.05) is 17.7 Å².